The van der Waals surface area contributed by atoms with Crippen LogP contribution >= 0.6 is 15.9 Å². The summed E-state index contributed by atoms with van der Waals surface area (Å²) in [5, 5.41) is 3.59. The van der Waals surface area contributed by atoms with Crippen LogP contribution in [0.3, 0.4) is 0 Å². The zero-order valence-corrected chi connectivity index (χ0v) is 15.2. The third kappa shape index (κ3) is 6.92. The molecule has 1 rings (SSSR count). The summed E-state index contributed by atoms with van der Waals surface area (Å²) < 4.78 is 14.5. The van der Waals surface area contributed by atoms with Crippen LogP contribution in [-0.4, -0.2) is 6.54 Å². The molecule has 0 spiro atoms. The number of nitrogens with one attached hydrogen (secondary N) is 1. The highest BCUT2D eigenvalue weighted by Gasteiger charge is 2.17. The molecule has 0 amide bonds. The Labute approximate surface area is 137 Å². The minimum absolute atomic E-state index is 0.163. The van der Waals surface area contributed by atoms with E-state index in [1.54, 1.807) is 6.07 Å². The van der Waals surface area contributed by atoms with E-state index in [9.17, 15) is 4.39 Å². The maximum Gasteiger partial charge on any atom is 0.124 e. The molecule has 1 aromatic rings. The zero-order valence-electron chi connectivity index (χ0n) is 13.6. The molecule has 0 fully saturated rings. The van der Waals surface area contributed by atoms with Gasteiger partial charge in [-0.05, 0) is 49.1 Å². The van der Waals surface area contributed by atoms with Crippen LogP contribution in [0.15, 0.2) is 22.7 Å². The first-order chi connectivity index (χ1) is 10.1. The van der Waals surface area contributed by atoms with E-state index in [-0.39, 0.29) is 11.9 Å². The van der Waals surface area contributed by atoms with Gasteiger partial charge in [-0.3, -0.25) is 0 Å². The molecule has 0 aliphatic heterocycles. The Morgan fingerprint density at radius 1 is 1.14 bits per heavy atom. The van der Waals surface area contributed by atoms with E-state index >= 15 is 0 Å². The number of hydrogen-bond acceptors (Lipinski definition) is 1. The Bertz CT molecular complexity index is 388. The molecule has 1 nitrogen and oxygen atoms in total. The smallest absolute Gasteiger partial charge is 0.124 e. The largest absolute Gasteiger partial charge is 0.310 e. The van der Waals surface area contributed by atoms with Gasteiger partial charge in [-0.2, -0.15) is 0 Å². The molecule has 1 aromatic carbocycles. The van der Waals surface area contributed by atoms with Gasteiger partial charge in [-0.15, -0.1) is 0 Å². The number of benzene rings is 1. The van der Waals surface area contributed by atoms with Crippen LogP contribution in [0.5, 0.6) is 0 Å². The molecule has 0 radical (unpaired) electrons. The Morgan fingerprint density at radius 3 is 2.48 bits per heavy atom. The van der Waals surface area contributed by atoms with Crippen LogP contribution in [0.2, 0.25) is 0 Å². The van der Waals surface area contributed by atoms with Gasteiger partial charge in [0.25, 0.3) is 0 Å². The van der Waals surface area contributed by atoms with Crippen molar-refractivity contribution >= 4 is 15.9 Å². The van der Waals surface area contributed by atoms with Crippen LogP contribution < -0.4 is 5.32 Å². The van der Waals surface area contributed by atoms with Gasteiger partial charge >= 0.3 is 0 Å². The van der Waals surface area contributed by atoms with Gasteiger partial charge in [0.1, 0.15) is 5.82 Å². The summed E-state index contributed by atoms with van der Waals surface area (Å²) in [6.45, 7) is 7.64. The van der Waals surface area contributed by atoms with Crippen molar-refractivity contribution in [1.29, 1.82) is 0 Å². The number of hydrogen-bond donors (Lipinski definition) is 1. The summed E-state index contributed by atoms with van der Waals surface area (Å²) in [4.78, 5) is 0. The molecule has 0 saturated heterocycles. The normalized spacial score (nSPS) is 14.1. The maximum atomic E-state index is 13.7. The quantitative estimate of drug-likeness (QED) is 0.522. The first-order valence-corrected chi connectivity index (χ1v) is 9.09. The van der Waals surface area contributed by atoms with E-state index in [0.29, 0.717) is 5.92 Å². The van der Waals surface area contributed by atoms with E-state index in [1.807, 2.05) is 6.07 Å². The summed E-state index contributed by atoms with van der Waals surface area (Å²) in [5.41, 5.74) is 1.06. The number of rotatable bonds is 10. The first-order valence-electron chi connectivity index (χ1n) is 8.30. The average Bonchev–Trinajstić information content (AvgIpc) is 2.45. The molecule has 0 bridgehead atoms. The van der Waals surface area contributed by atoms with Crippen molar-refractivity contribution in [2.24, 2.45) is 5.92 Å². The standard InChI is InChI=1S/C18H29BrFN/c1-4-7-8-14(6-3)10-18(21-9-5-2)15-11-16(19)13-17(20)12-15/h11-14,18,21H,4-10H2,1-3H3. The van der Waals surface area contributed by atoms with E-state index < -0.39 is 0 Å². The molecule has 1 N–H and O–H groups in total. The van der Waals surface area contributed by atoms with Crippen LogP contribution in [0.25, 0.3) is 0 Å². The lowest BCUT2D eigenvalue weighted by molar-refractivity contribution is 0.353. The highest BCUT2D eigenvalue weighted by molar-refractivity contribution is 9.10. The predicted octanol–water partition coefficient (Wildman–Crippen LogP) is 6.24. The van der Waals surface area contributed by atoms with Gasteiger partial charge in [0.05, 0.1) is 0 Å². The fourth-order valence-electron chi connectivity index (χ4n) is 2.75. The molecule has 0 aliphatic rings. The van der Waals surface area contributed by atoms with Crippen molar-refractivity contribution in [3.05, 3.63) is 34.1 Å². The third-order valence-corrected chi connectivity index (χ3v) is 4.50. The summed E-state index contributed by atoms with van der Waals surface area (Å²) in [7, 11) is 0. The lowest BCUT2D eigenvalue weighted by Crippen LogP contribution is -2.24. The fourth-order valence-corrected chi connectivity index (χ4v) is 3.23. The molecular weight excluding hydrogens is 329 g/mol. The second kappa shape index (κ2) is 10.3. The lowest BCUT2D eigenvalue weighted by atomic mass is 9.89. The maximum absolute atomic E-state index is 13.7. The van der Waals surface area contributed by atoms with E-state index in [0.717, 1.165) is 29.4 Å². The molecule has 3 heteroatoms. The molecule has 2 atom stereocenters. The Balaban J connectivity index is 2.82. The summed E-state index contributed by atoms with van der Waals surface area (Å²) in [5.74, 6) is 0.547. The van der Waals surface area contributed by atoms with Crippen molar-refractivity contribution in [3.8, 4) is 0 Å². The molecule has 120 valence electrons. The highest BCUT2D eigenvalue weighted by Crippen LogP contribution is 2.29. The minimum Gasteiger partial charge on any atom is -0.310 e. The average molecular weight is 358 g/mol. The molecular formula is C18H29BrFN. The SMILES string of the molecule is CCCCC(CC)CC(NCCC)c1cc(F)cc(Br)c1. The van der Waals surface area contributed by atoms with Crippen molar-refractivity contribution in [2.75, 3.05) is 6.54 Å². The Morgan fingerprint density at radius 2 is 1.90 bits per heavy atom. The second-order valence-electron chi connectivity index (χ2n) is 5.86. The number of halogens is 2. The molecule has 0 saturated carbocycles. The third-order valence-electron chi connectivity index (χ3n) is 4.04. The van der Waals surface area contributed by atoms with Gasteiger partial charge in [0, 0.05) is 10.5 Å². The summed E-state index contributed by atoms with van der Waals surface area (Å²) in [6.07, 6.45) is 7.18. The summed E-state index contributed by atoms with van der Waals surface area (Å²) >= 11 is 3.41. The van der Waals surface area contributed by atoms with Crippen LogP contribution in [0.1, 0.15) is 70.9 Å². The van der Waals surface area contributed by atoms with E-state index in [4.69, 9.17) is 0 Å². The summed E-state index contributed by atoms with van der Waals surface area (Å²) in [6, 6.07) is 5.49. The minimum atomic E-state index is -0.163. The monoisotopic (exact) mass is 357 g/mol. The second-order valence-corrected chi connectivity index (χ2v) is 6.78. The molecule has 0 aromatic heterocycles. The topological polar surface area (TPSA) is 12.0 Å². The zero-order chi connectivity index (χ0) is 15.7. The molecule has 21 heavy (non-hydrogen) atoms. The Hall–Kier alpha value is -0.410. The highest BCUT2D eigenvalue weighted by atomic mass is 79.9. The van der Waals surface area contributed by atoms with Crippen molar-refractivity contribution in [2.45, 2.75) is 65.3 Å². The van der Waals surface area contributed by atoms with Crippen LogP contribution in [0, 0.1) is 11.7 Å². The number of unbranched alkanes of at least 4 members (excludes halogenated alkanes) is 1. The molecule has 2 unspecified atom stereocenters. The first kappa shape index (κ1) is 18.6. The van der Waals surface area contributed by atoms with Gasteiger partial charge in [-0.1, -0.05) is 62.4 Å². The van der Waals surface area contributed by atoms with Crippen LogP contribution in [-0.2, 0) is 0 Å². The Kier molecular flexibility index (Phi) is 9.18. The molecule has 0 heterocycles. The molecule has 0 aliphatic carbocycles. The van der Waals surface area contributed by atoms with E-state index in [2.05, 4.69) is 42.0 Å². The van der Waals surface area contributed by atoms with Crippen molar-refractivity contribution in [3.63, 3.8) is 0 Å². The predicted molar refractivity (Wildman–Crippen MR) is 93.1 cm³/mol. The van der Waals surface area contributed by atoms with Gasteiger partial charge in [-0.25, -0.2) is 4.39 Å². The van der Waals surface area contributed by atoms with Gasteiger partial charge in [0.2, 0.25) is 0 Å². The van der Waals surface area contributed by atoms with Gasteiger partial charge in [0.15, 0.2) is 0 Å². The van der Waals surface area contributed by atoms with Crippen LogP contribution in [0.4, 0.5) is 4.39 Å². The fraction of sp³-hybridized carbons (Fsp3) is 0.667. The van der Waals surface area contributed by atoms with Crippen molar-refractivity contribution in [1.82, 2.24) is 5.32 Å². The van der Waals surface area contributed by atoms with Gasteiger partial charge < -0.3 is 5.32 Å². The van der Waals surface area contributed by atoms with E-state index in [1.165, 1.54) is 31.7 Å². The van der Waals surface area contributed by atoms with Crippen molar-refractivity contribution < 1.29 is 4.39 Å². The lowest BCUT2D eigenvalue weighted by Gasteiger charge is -2.24.